The van der Waals surface area contributed by atoms with Crippen LogP contribution in [0.4, 0.5) is 13.2 Å². The summed E-state index contributed by atoms with van der Waals surface area (Å²) in [4.78, 5) is 26.2. The number of aliphatic hydroxyl groups excluding tert-OH is 1. The number of esters is 1. The number of nitrogens with one attached hydrogen (secondary N) is 1. The third kappa shape index (κ3) is 4.93. The third-order valence-electron chi connectivity index (χ3n) is 11.7. The summed E-state index contributed by atoms with van der Waals surface area (Å²) < 4.78 is 57.0. The molecule has 248 valence electrons. The van der Waals surface area contributed by atoms with E-state index >= 15 is 0 Å². The van der Waals surface area contributed by atoms with Crippen LogP contribution in [0.25, 0.3) is 6.08 Å². The van der Waals surface area contributed by atoms with Crippen LogP contribution in [0.1, 0.15) is 71.3 Å². The van der Waals surface area contributed by atoms with Gasteiger partial charge in [0.15, 0.2) is 0 Å². The highest BCUT2D eigenvalue weighted by Gasteiger charge is 2.77. The molecule has 7 nitrogen and oxygen atoms in total. The lowest BCUT2D eigenvalue weighted by Crippen LogP contribution is -2.74. The lowest BCUT2D eigenvalue weighted by molar-refractivity contribution is -0.968. The van der Waals surface area contributed by atoms with Crippen LogP contribution in [0.3, 0.4) is 0 Å². The third-order valence-corrected chi connectivity index (χ3v) is 11.7. The summed E-state index contributed by atoms with van der Waals surface area (Å²) in [6, 6.07) is 8.12. The Hall–Kier alpha value is -3.11. The van der Waals surface area contributed by atoms with Gasteiger partial charge in [-0.05, 0) is 42.9 Å². The van der Waals surface area contributed by atoms with Gasteiger partial charge in [0.1, 0.15) is 17.1 Å². The van der Waals surface area contributed by atoms with Crippen LogP contribution in [-0.2, 0) is 19.1 Å². The van der Waals surface area contributed by atoms with Gasteiger partial charge in [0, 0.05) is 54.9 Å². The van der Waals surface area contributed by atoms with E-state index < -0.39 is 46.4 Å². The molecule has 2 bridgehead atoms. The molecule has 3 unspecified atom stereocenters. The van der Waals surface area contributed by atoms with Crippen molar-refractivity contribution in [1.29, 1.82) is 0 Å². The zero-order chi connectivity index (χ0) is 32.6. The molecular weight excluding hydrogens is 597 g/mol. The number of rotatable bonds is 8. The topological polar surface area (TPSA) is 84.9 Å². The van der Waals surface area contributed by atoms with Gasteiger partial charge >= 0.3 is 12.1 Å². The van der Waals surface area contributed by atoms with Gasteiger partial charge in [0.25, 0.3) is 5.91 Å². The maximum atomic E-state index is 14.5. The SMILES string of the molecule is CC(=O)OC1=C2C[C@@H]3[C@@H]4CCC[C@@H]5OC(NC(=O)C(=Cc6ccccc6)C(F)(F)F)(C(O)=C1)C2[C@@]54CC[N+]3(CC(C)C)CC1CC1. The van der Waals surface area contributed by atoms with Crippen molar-refractivity contribution in [3.63, 3.8) is 0 Å². The standard InChI is InChI=1S/C36H43F3N2O5/c1-21(2)19-41(20-24-12-13-24)15-14-34-26-10-7-11-31(34)46-35(30(43)18-29(45-22(3)42)25(32(34)35)17-28(26)41)40-33(44)27(36(37,38)39)16-23-8-5-4-6-9-23/h4-6,8-9,16,18,21,24,26,28,31-32H,7,10-15,17,19-20H2,1-3H3,(H-,40,43,44)/p+1/t26-,28+,31-,32?,34+,35?,41?/m0/s1. The number of piperidine rings is 1. The van der Waals surface area contributed by atoms with Crippen molar-refractivity contribution in [2.75, 3.05) is 19.6 Å². The number of hydrogen-bond acceptors (Lipinski definition) is 5. The smallest absolute Gasteiger partial charge is 0.421 e. The van der Waals surface area contributed by atoms with E-state index in [2.05, 4.69) is 19.2 Å². The second-order valence-electron chi connectivity index (χ2n) is 15.0. The Morgan fingerprint density at radius 1 is 1.17 bits per heavy atom. The van der Waals surface area contributed by atoms with E-state index in [-0.39, 0.29) is 29.4 Å². The minimum Gasteiger partial charge on any atom is -0.507 e. The van der Waals surface area contributed by atoms with Gasteiger partial charge in [-0.25, -0.2) is 0 Å². The van der Waals surface area contributed by atoms with E-state index in [1.807, 2.05) is 0 Å². The lowest BCUT2D eigenvalue weighted by Gasteiger charge is -2.65. The highest BCUT2D eigenvalue weighted by atomic mass is 19.4. The number of ether oxygens (including phenoxy) is 2. The van der Waals surface area contributed by atoms with E-state index in [1.165, 1.54) is 38.0 Å². The molecule has 3 saturated carbocycles. The molecule has 4 aliphatic carbocycles. The number of halogens is 3. The molecule has 0 aromatic heterocycles. The number of alkyl halides is 3. The van der Waals surface area contributed by atoms with Gasteiger partial charge in [-0.15, -0.1) is 0 Å². The van der Waals surface area contributed by atoms with Crippen LogP contribution in [-0.4, -0.2) is 65.1 Å². The van der Waals surface area contributed by atoms with Gasteiger partial charge in [-0.2, -0.15) is 13.2 Å². The van der Waals surface area contributed by atoms with Crippen molar-refractivity contribution in [1.82, 2.24) is 5.32 Å². The van der Waals surface area contributed by atoms with Crippen LogP contribution < -0.4 is 5.32 Å². The van der Waals surface area contributed by atoms with Crippen LogP contribution in [0.2, 0.25) is 0 Å². The minimum atomic E-state index is -4.96. The summed E-state index contributed by atoms with van der Waals surface area (Å²) in [7, 11) is 0. The minimum absolute atomic E-state index is 0.191. The number of allylic oxidation sites excluding steroid dienone is 1. The Labute approximate surface area is 268 Å². The summed E-state index contributed by atoms with van der Waals surface area (Å²) >= 11 is 0. The Morgan fingerprint density at radius 2 is 1.91 bits per heavy atom. The summed E-state index contributed by atoms with van der Waals surface area (Å²) in [5.41, 5.74) is -2.82. The molecule has 6 aliphatic rings. The van der Waals surface area contributed by atoms with Gasteiger partial charge in [-0.1, -0.05) is 50.6 Å². The second kappa shape index (κ2) is 11.0. The Kier molecular flexibility index (Phi) is 7.51. The molecule has 2 heterocycles. The maximum absolute atomic E-state index is 14.5. The number of amides is 1. The fourth-order valence-electron chi connectivity index (χ4n) is 10.3. The quantitative estimate of drug-likeness (QED) is 0.190. The monoisotopic (exact) mass is 641 g/mol. The summed E-state index contributed by atoms with van der Waals surface area (Å²) in [5.74, 6) is -1.41. The zero-order valence-corrected chi connectivity index (χ0v) is 26.7. The molecule has 2 N–H and O–H groups in total. The van der Waals surface area contributed by atoms with Crippen molar-refractivity contribution in [3.05, 3.63) is 64.6 Å². The Bertz CT molecular complexity index is 1510. The fourth-order valence-corrected chi connectivity index (χ4v) is 10.3. The summed E-state index contributed by atoms with van der Waals surface area (Å²) in [5, 5.41) is 14.4. The number of carbonyl (C=O) groups is 2. The normalized spacial score (nSPS) is 36.7. The van der Waals surface area contributed by atoms with Crippen LogP contribution in [0.15, 0.2) is 59.1 Å². The van der Waals surface area contributed by atoms with Crippen LogP contribution in [0, 0.1) is 29.1 Å². The van der Waals surface area contributed by atoms with E-state index in [9.17, 15) is 27.9 Å². The summed E-state index contributed by atoms with van der Waals surface area (Å²) in [6.07, 6.45) is 3.12. The molecule has 46 heavy (non-hydrogen) atoms. The van der Waals surface area contributed by atoms with Crippen molar-refractivity contribution >= 4 is 18.0 Å². The highest BCUT2D eigenvalue weighted by Crippen LogP contribution is 2.71. The van der Waals surface area contributed by atoms with E-state index in [0.717, 1.165) is 55.0 Å². The molecule has 1 amide bonds. The molecule has 2 saturated heterocycles. The van der Waals surface area contributed by atoms with Gasteiger partial charge in [0.05, 0.1) is 31.8 Å². The highest BCUT2D eigenvalue weighted by molar-refractivity contribution is 5.99. The lowest BCUT2D eigenvalue weighted by atomic mass is 9.46. The average molecular weight is 642 g/mol. The molecule has 1 aromatic rings. The summed E-state index contributed by atoms with van der Waals surface area (Å²) in [6.45, 7) is 8.87. The van der Waals surface area contributed by atoms with Crippen molar-refractivity contribution in [2.45, 2.75) is 89.8 Å². The number of aliphatic hydroxyl groups is 1. The Morgan fingerprint density at radius 3 is 2.57 bits per heavy atom. The van der Waals surface area contributed by atoms with Crippen LogP contribution >= 0.6 is 0 Å². The first-order valence-electron chi connectivity index (χ1n) is 16.8. The first kappa shape index (κ1) is 31.5. The van der Waals surface area contributed by atoms with E-state index in [1.54, 1.807) is 18.2 Å². The maximum Gasteiger partial charge on any atom is 0.421 e. The number of likely N-dealkylation sites (tertiary alicyclic amines) is 1. The zero-order valence-electron chi connectivity index (χ0n) is 26.7. The van der Waals surface area contributed by atoms with Gasteiger partial charge in [-0.3, -0.25) is 9.59 Å². The number of carbonyl (C=O) groups excluding carboxylic acids is 2. The van der Waals surface area contributed by atoms with Gasteiger partial charge in [0.2, 0.25) is 5.72 Å². The second-order valence-corrected chi connectivity index (χ2v) is 15.0. The predicted octanol–water partition coefficient (Wildman–Crippen LogP) is 6.58. The van der Waals surface area contributed by atoms with Crippen molar-refractivity contribution < 1.29 is 41.8 Å². The van der Waals surface area contributed by atoms with Crippen LogP contribution in [0.5, 0.6) is 0 Å². The molecule has 7 rings (SSSR count). The molecule has 1 aromatic carbocycles. The number of hydrogen-bond donors (Lipinski definition) is 2. The Balaban J connectivity index is 1.36. The predicted molar refractivity (Wildman–Crippen MR) is 164 cm³/mol. The molecule has 5 fully saturated rings. The van der Waals surface area contributed by atoms with E-state index in [4.69, 9.17) is 9.47 Å². The van der Waals surface area contributed by atoms with Crippen molar-refractivity contribution in [2.24, 2.45) is 29.1 Å². The largest absolute Gasteiger partial charge is 0.507 e. The molecule has 7 atom stereocenters. The van der Waals surface area contributed by atoms with Gasteiger partial charge < -0.3 is 24.4 Å². The number of quaternary nitrogens is 1. The molecular formula is C36H44F3N2O5+. The molecule has 2 aliphatic heterocycles. The first-order chi connectivity index (χ1) is 21.8. The molecule has 1 spiro atoms. The number of benzene rings is 1. The fraction of sp³-hybridized carbons (Fsp3) is 0.611. The van der Waals surface area contributed by atoms with E-state index in [0.29, 0.717) is 24.7 Å². The average Bonchev–Trinajstić information content (AvgIpc) is 3.74. The van der Waals surface area contributed by atoms with Crippen molar-refractivity contribution in [3.8, 4) is 0 Å². The molecule has 0 radical (unpaired) electrons. The number of nitrogens with zero attached hydrogens (tertiary/aromatic N) is 1. The first-order valence-corrected chi connectivity index (χ1v) is 16.8. The molecule has 10 heteroatoms.